The van der Waals surface area contributed by atoms with Crippen LogP contribution in [0.25, 0.3) is 16.6 Å². The third kappa shape index (κ3) is 5.91. The monoisotopic (exact) mass is 498 g/mol. The van der Waals surface area contributed by atoms with E-state index in [0.717, 1.165) is 44.3 Å². The van der Waals surface area contributed by atoms with Gasteiger partial charge in [0.25, 0.3) is 5.56 Å². The first-order valence-corrected chi connectivity index (χ1v) is 13.0. The molecule has 2 heterocycles. The fourth-order valence-electron chi connectivity index (χ4n) is 4.76. The van der Waals surface area contributed by atoms with E-state index in [1.54, 1.807) is 4.57 Å². The fraction of sp³-hybridized carbons (Fsp3) is 0.333. The molecule has 7 heteroatoms. The van der Waals surface area contributed by atoms with Crippen LogP contribution in [0.1, 0.15) is 29.9 Å². The molecule has 1 aromatic heterocycles. The first-order valence-electron chi connectivity index (χ1n) is 13.0. The number of rotatable bonds is 9. The number of nitrogens with one attached hydrogen (secondary N) is 1. The Labute approximate surface area is 217 Å². The number of morpholine rings is 1. The Bertz CT molecular complexity index is 1380. The smallest absolute Gasteiger partial charge is 0.266 e. The largest absolute Gasteiger partial charge is 0.494 e. The number of para-hydroxylation sites is 1. The van der Waals surface area contributed by atoms with Crippen molar-refractivity contribution in [1.82, 2.24) is 19.8 Å². The third-order valence-electron chi connectivity index (χ3n) is 6.78. The van der Waals surface area contributed by atoms with Crippen molar-refractivity contribution >= 4 is 10.9 Å². The van der Waals surface area contributed by atoms with Crippen LogP contribution in [-0.2, 0) is 11.3 Å². The van der Waals surface area contributed by atoms with E-state index in [4.69, 9.17) is 14.5 Å². The van der Waals surface area contributed by atoms with Crippen molar-refractivity contribution < 1.29 is 9.47 Å². The normalized spacial score (nSPS) is 15.1. The minimum Gasteiger partial charge on any atom is -0.494 e. The second-order valence-electron chi connectivity index (χ2n) is 9.37. The molecule has 0 bridgehead atoms. The maximum atomic E-state index is 13.7. The van der Waals surface area contributed by atoms with Crippen LogP contribution in [0.5, 0.6) is 5.75 Å². The van der Waals surface area contributed by atoms with Gasteiger partial charge in [-0.15, -0.1) is 0 Å². The van der Waals surface area contributed by atoms with Crippen LogP contribution in [-0.4, -0.2) is 53.9 Å². The molecule has 4 aromatic rings. The SMILES string of the molecule is CCOc1ccc(-n2c(CN[C@H](CN3CCOCC3)c3ccc(C)cc3)nc3ccccc3c2=O)cc1. The summed E-state index contributed by atoms with van der Waals surface area (Å²) in [5.74, 6) is 1.45. The first kappa shape index (κ1) is 25.1. The average Bonchev–Trinajstić information content (AvgIpc) is 2.93. The van der Waals surface area contributed by atoms with Gasteiger partial charge in [-0.05, 0) is 55.8 Å². The zero-order chi connectivity index (χ0) is 25.6. The molecule has 1 atom stereocenters. The summed E-state index contributed by atoms with van der Waals surface area (Å²) in [7, 11) is 0. The van der Waals surface area contributed by atoms with Crippen molar-refractivity contribution in [2.45, 2.75) is 26.4 Å². The topological polar surface area (TPSA) is 68.6 Å². The number of nitrogens with zero attached hydrogens (tertiary/aromatic N) is 3. The summed E-state index contributed by atoms with van der Waals surface area (Å²) in [5.41, 5.74) is 3.84. The van der Waals surface area contributed by atoms with E-state index in [0.29, 0.717) is 29.9 Å². The predicted octanol–water partition coefficient (Wildman–Crippen LogP) is 4.26. The van der Waals surface area contributed by atoms with Crippen molar-refractivity contribution in [1.29, 1.82) is 0 Å². The second-order valence-corrected chi connectivity index (χ2v) is 9.37. The van der Waals surface area contributed by atoms with Crippen LogP contribution in [0.3, 0.4) is 0 Å². The highest BCUT2D eigenvalue weighted by atomic mass is 16.5. The van der Waals surface area contributed by atoms with Crippen molar-refractivity contribution in [3.05, 3.63) is 100 Å². The number of benzene rings is 3. The van der Waals surface area contributed by atoms with Gasteiger partial charge in [-0.25, -0.2) is 4.98 Å². The summed E-state index contributed by atoms with van der Waals surface area (Å²) in [6, 6.07) is 23.9. The lowest BCUT2D eigenvalue weighted by Crippen LogP contribution is -2.42. The van der Waals surface area contributed by atoms with Crippen LogP contribution in [0, 0.1) is 6.92 Å². The number of aryl methyl sites for hydroxylation is 1. The summed E-state index contributed by atoms with van der Waals surface area (Å²) in [4.78, 5) is 21.0. The zero-order valence-electron chi connectivity index (χ0n) is 21.5. The van der Waals surface area contributed by atoms with Gasteiger partial charge in [0.1, 0.15) is 11.6 Å². The van der Waals surface area contributed by atoms with Gasteiger partial charge in [0.15, 0.2) is 0 Å². The van der Waals surface area contributed by atoms with E-state index in [1.165, 1.54) is 11.1 Å². The lowest BCUT2D eigenvalue weighted by Gasteiger charge is -2.31. The molecule has 0 saturated carbocycles. The Balaban J connectivity index is 1.49. The van der Waals surface area contributed by atoms with Crippen LogP contribution in [0.4, 0.5) is 0 Å². The molecule has 1 aliphatic rings. The van der Waals surface area contributed by atoms with Crippen LogP contribution < -0.4 is 15.6 Å². The second kappa shape index (κ2) is 11.7. The number of hydrogen-bond acceptors (Lipinski definition) is 6. The summed E-state index contributed by atoms with van der Waals surface area (Å²) >= 11 is 0. The Morgan fingerprint density at radius 2 is 1.73 bits per heavy atom. The molecule has 1 saturated heterocycles. The minimum absolute atomic E-state index is 0.0772. The average molecular weight is 499 g/mol. The lowest BCUT2D eigenvalue weighted by atomic mass is 10.0. The van der Waals surface area contributed by atoms with Gasteiger partial charge in [0.05, 0.1) is 43.0 Å². The number of ether oxygens (including phenoxy) is 2. The van der Waals surface area contributed by atoms with Gasteiger partial charge >= 0.3 is 0 Å². The molecule has 0 aliphatic carbocycles. The predicted molar refractivity (Wildman–Crippen MR) is 147 cm³/mol. The van der Waals surface area contributed by atoms with Crippen molar-refractivity contribution in [3.63, 3.8) is 0 Å². The van der Waals surface area contributed by atoms with Crippen molar-refractivity contribution in [2.75, 3.05) is 39.5 Å². The summed E-state index contributed by atoms with van der Waals surface area (Å²) < 4.78 is 12.9. The van der Waals surface area contributed by atoms with Gasteiger partial charge in [-0.1, -0.05) is 42.0 Å². The third-order valence-corrected chi connectivity index (χ3v) is 6.78. The minimum atomic E-state index is -0.0772. The van der Waals surface area contributed by atoms with Gasteiger partial charge in [-0.3, -0.25) is 14.3 Å². The number of fused-ring (bicyclic) bond motifs is 1. The molecule has 7 nitrogen and oxygen atoms in total. The van der Waals surface area contributed by atoms with E-state index >= 15 is 0 Å². The van der Waals surface area contributed by atoms with Crippen LogP contribution in [0.15, 0.2) is 77.6 Å². The highest BCUT2D eigenvalue weighted by molar-refractivity contribution is 5.77. The number of hydrogen-bond donors (Lipinski definition) is 1. The summed E-state index contributed by atoms with van der Waals surface area (Å²) in [5, 5.41) is 4.32. The molecule has 0 spiro atoms. The molecule has 0 radical (unpaired) electrons. The number of aromatic nitrogens is 2. The molecule has 1 N–H and O–H groups in total. The molecule has 0 unspecified atom stereocenters. The Morgan fingerprint density at radius 1 is 1.00 bits per heavy atom. The van der Waals surface area contributed by atoms with Crippen molar-refractivity contribution in [2.24, 2.45) is 0 Å². The highest BCUT2D eigenvalue weighted by Crippen LogP contribution is 2.20. The van der Waals surface area contributed by atoms with Crippen LogP contribution in [0.2, 0.25) is 0 Å². The standard InChI is InChI=1S/C30H34N4O3/c1-3-37-25-14-12-24(13-15-25)34-29(32-27-7-5-4-6-26(27)30(34)35)20-31-28(21-33-16-18-36-19-17-33)23-10-8-22(2)9-11-23/h4-15,28,31H,3,16-21H2,1-2H3/t28-/m1/s1. The van der Waals surface area contributed by atoms with Crippen molar-refractivity contribution in [3.8, 4) is 11.4 Å². The molecular formula is C30H34N4O3. The quantitative estimate of drug-likeness (QED) is 0.372. The Morgan fingerprint density at radius 3 is 2.46 bits per heavy atom. The van der Waals surface area contributed by atoms with Crippen LogP contribution >= 0.6 is 0 Å². The van der Waals surface area contributed by atoms with E-state index in [2.05, 4.69) is 41.4 Å². The summed E-state index contributed by atoms with van der Waals surface area (Å²) in [6.45, 7) is 9.27. The summed E-state index contributed by atoms with van der Waals surface area (Å²) in [6.07, 6.45) is 0. The molecule has 3 aromatic carbocycles. The van der Waals surface area contributed by atoms with Gasteiger partial charge in [0, 0.05) is 25.7 Å². The maximum absolute atomic E-state index is 13.7. The highest BCUT2D eigenvalue weighted by Gasteiger charge is 2.20. The Hall–Kier alpha value is -3.52. The molecule has 0 amide bonds. The van der Waals surface area contributed by atoms with Gasteiger partial charge < -0.3 is 14.8 Å². The first-order chi connectivity index (χ1) is 18.1. The van der Waals surface area contributed by atoms with E-state index < -0.39 is 0 Å². The van der Waals surface area contributed by atoms with Gasteiger partial charge in [-0.2, -0.15) is 0 Å². The van der Waals surface area contributed by atoms with E-state index in [9.17, 15) is 4.79 Å². The maximum Gasteiger partial charge on any atom is 0.266 e. The van der Waals surface area contributed by atoms with E-state index in [-0.39, 0.29) is 11.6 Å². The molecule has 37 heavy (non-hydrogen) atoms. The molecule has 192 valence electrons. The van der Waals surface area contributed by atoms with Gasteiger partial charge in [0.2, 0.25) is 0 Å². The molecule has 1 fully saturated rings. The molecular weight excluding hydrogens is 464 g/mol. The zero-order valence-corrected chi connectivity index (χ0v) is 21.5. The fourth-order valence-corrected chi connectivity index (χ4v) is 4.76. The lowest BCUT2D eigenvalue weighted by molar-refractivity contribution is 0.0333. The molecule has 5 rings (SSSR count). The van der Waals surface area contributed by atoms with E-state index in [1.807, 2.05) is 55.5 Å². The molecule has 1 aliphatic heterocycles. The Kier molecular flexibility index (Phi) is 7.94.